The van der Waals surface area contributed by atoms with Crippen LogP contribution >= 0.6 is 0 Å². The number of hydrogen-bond donors (Lipinski definition) is 0. The normalized spacial score (nSPS) is 12.7. The van der Waals surface area contributed by atoms with Crippen LogP contribution in [0.2, 0.25) is 0 Å². The summed E-state index contributed by atoms with van der Waals surface area (Å²) in [6.45, 7) is 0. The zero-order chi connectivity index (χ0) is 51.5. The van der Waals surface area contributed by atoms with Crippen molar-refractivity contribution in [3.05, 3.63) is 212 Å². The van der Waals surface area contributed by atoms with Gasteiger partial charge in [-0.05, 0) is 118 Å². The number of aromatic nitrogens is 3. The Morgan fingerprint density at radius 2 is 1.01 bits per heavy atom. The Labute approximate surface area is 450 Å². The van der Waals surface area contributed by atoms with Gasteiger partial charge in [-0.25, -0.2) is 0 Å². The minimum absolute atomic E-state index is 0.148. The first-order valence-corrected chi connectivity index (χ1v) is 25.4. The molecule has 76 heavy (non-hydrogen) atoms. The number of para-hydroxylation sites is 2. The molecule has 336 valence electrons. The topological polar surface area (TPSA) is 14.8 Å². The molecular weight excluding hydrogens is 910 g/mol. The van der Waals surface area contributed by atoms with Gasteiger partial charge in [0, 0.05) is 49.2 Å². The monoisotopic (exact) mass is 947 g/mol. The number of benzene rings is 9. The van der Waals surface area contributed by atoms with Gasteiger partial charge in [0.15, 0.2) is 0 Å². The lowest BCUT2D eigenvalue weighted by Gasteiger charge is -2.19. The highest BCUT2D eigenvalue weighted by atomic mass is 15.0. The van der Waals surface area contributed by atoms with Gasteiger partial charge in [0.1, 0.15) is 60.4 Å². The molecule has 0 saturated carbocycles. The van der Waals surface area contributed by atoms with Crippen molar-refractivity contribution in [1.29, 1.82) is 0 Å². The van der Waals surface area contributed by atoms with Crippen LogP contribution in [0.4, 0.5) is 0 Å². The summed E-state index contributed by atoms with van der Waals surface area (Å²) in [6, 6.07) is 68.5. The van der Waals surface area contributed by atoms with Crippen LogP contribution in [0.25, 0.3) is 121 Å². The average molecular weight is 947 g/mol. The SMILES string of the molecule is [B]c1c([B])c([B])c2c(c1[B])c1c([B])c(-c3ccc4c(c3)c3c(-c5ccccc5)cccc3n4-c3ccc(-c4ccccc4)cc3)c([B])c([B])c1n2-c1c#cc2c(c1)c1ccccc1n2-c1ccccc1C1=CC=CCC1. The zero-order valence-electron chi connectivity index (χ0n) is 41.3. The average Bonchev–Trinajstić information content (AvgIpc) is 4.13. The summed E-state index contributed by atoms with van der Waals surface area (Å²) >= 11 is 0. The van der Waals surface area contributed by atoms with Gasteiger partial charge in [-0.2, -0.15) is 0 Å². The van der Waals surface area contributed by atoms with E-state index in [1.807, 2.05) is 22.8 Å². The molecule has 0 spiro atoms. The molecule has 10 aromatic carbocycles. The molecule has 0 bridgehead atoms. The van der Waals surface area contributed by atoms with Crippen LogP contribution in [-0.2, 0) is 0 Å². The van der Waals surface area contributed by atoms with Crippen LogP contribution in [-0.4, -0.2) is 68.6 Å². The van der Waals surface area contributed by atoms with E-state index in [0.29, 0.717) is 44.0 Å². The Morgan fingerprint density at radius 3 is 1.78 bits per heavy atom. The maximum absolute atomic E-state index is 7.58. The van der Waals surface area contributed by atoms with Crippen LogP contribution in [0.15, 0.2) is 194 Å². The summed E-state index contributed by atoms with van der Waals surface area (Å²) < 4.78 is 6.50. The smallest absolute Gasteiger partial charge is 0.115 e. The summed E-state index contributed by atoms with van der Waals surface area (Å²) in [5, 5.41) is 5.10. The highest BCUT2D eigenvalue weighted by Gasteiger charge is 2.26. The first-order chi connectivity index (χ1) is 37.2. The molecule has 0 atom stereocenters. The van der Waals surface area contributed by atoms with E-state index in [0.717, 1.165) is 101 Å². The molecule has 0 saturated heterocycles. The second-order valence-electron chi connectivity index (χ2n) is 19.7. The molecule has 3 nitrogen and oxygen atoms in total. The van der Waals surface area contributed by atoms with Crippen LogP contribution in [0.1, 0.15) is 18.4 Å². The lowest BCUT2D eigenvalue weighted by Crippen LogP contribution is -2.48. The van der Waals surface area contributed by atoms with Crippen molar-refractivity contribution < 1.29 is 0 Å². The molecule has 0 unspecified atom stereocenters. The Morgan fingerprint density at radius 1 is 0.395 bits per heavy atom. The van der Waals surface area contributed by atoms with E-state index >= 15 is 0 Å². The van der Waals surface area contributed by atoms with Crippen molar-refractivity contribution in [1.82, 2.24) is 13.7 Å². The molecule has 0 aliphatic heterocycles. The van der Waals surface area contributed by atoms with E-state index in [4.69, 9.17) is 54.9 Å². The Balaban J connectivity index is 1.01. The standard InChI is InChI=1S/C66H36B7N3/c67-58-54(41-29-33-52-48(35-41)55-45(40-19-8-3-9-20-40)23-14-26-53(55)74(52)42-30-27-38(28-31-42)37-15-4-1-5-16-37)59(68)63(72)65-56(58)57-60(69)61(70)62(71)64(73)66(57)75(65)43-32-34-51-47(36-43)46-22-11-13-25-50(46)76(51)49-24-12-10-21-44(49)39-17-6-2-7-18-39/h1-6,8-17,19-31,33,35-36H,7,18H2. The summed E-state index contributed by atoms with van der Waals surface area (Å²) in [5.74, 6) is 0. The minimum atomic E-state index is 0.148. The molecule has 1 aliphatic carbocycles. The third-order valence-electron chi connectivity index (χ3n) is 15.6. The van der Waals surface area contributed by atoms with E-state index in [-0.39, 0.29) is 27.3 Å². The highest BCUT2D eigenvalue weighted by molar-refractivity contribution is 6.69. The van der Waals surface area contributed by atoms with Gasteiger partial charge < -0.3 is 13.7 Å². The molecule has 10 heteroatoms. The summed E-state index contributed by atoms with van der Waals surface area (Å²) in [6.07, 6.45) is 8.49. The highest BCUT2D eigenvalue weighted by Crippen LogP contribution is 2.42. The van der Waals surface area contributed by atoms with E-state index < -0.39 is 0 Å². The van der Waals surface area contributed by atoms with Gasteiger partial charge in [-0.1, -0.05) is 173 Å². The van der Waals surface area contributed by atoms with Crippen LogP contribution in [0.5, 0.6) is 0 Å². The predicted octanol–water partition coefficient (Wildman–Crippen LogP) is 8.87. The molecule has 3 aromatic heterocycles. The van der Waals surface area contributed by atoms with Crippen molar-refractivity contribution in [3.8, 4) is 50.4 Å². The second kappa shape index (κ2) is 17.8. The third-order valence-corrected chi connectivity index (χ3v) is 15.6. The lowest BCUT2D eigenvalue weighted by atomic mass is 9.64. The van der Waals surface area contributed by atoms with Crippen molar-refractivity contribution in [2.75, 3.05) is 0 Å². The fourth-order valence-electron chi connectivity index (χ4n) is 12.0. The van der Waals surface area contributed by atoms with Gasteiger partial charge in [0.2, 0.25) is 0 Å². The minimum Gasteiger partial charge on any atom is -0.309 e. The molecule has 0 amide bonds. The predicted molar refractivity (Wildman–Crippen MR) is 328 cm³/mol. The summed E-state index contributed by atoms with van der Waals surface area (Å²) in [4.78, 5) is 0. The number of rotatable bonds is 7. The first-order valence-electron chi connectivity index (χ1n) is 25.4. The maximum Gasteiger partial charge on any atom is 0.115 e. The Hall–Kier alpha value is -8.65. The van der Waals surface area contributed by atoms with E-state index in [2.05, 4.69) is 197 Å². The third kappa shape index (κ3) is 6.81. The largest absolute Gasteiger partial charge is 0.309 e. The van der Waals surface area contributed by atoms with Gasteiger partial charge in [-0.15, -0.1) is 10.9 Å². The molecule has 0 fully saturated rings. The van der Waals surface area contributed by atoms with E-state index in [1.54, 1.807) is 0 Å². The summed E-state index contributed by atoms with van der Waals surface area (Å²) in [5.41, 5.74) is 17.5. The van der Waals surface area contributed by atoms with Gasteiger partial charge in [0.25, 0.3) is 0 Å². The molecule has 3 heterocycles. The van der Waals surface area contributed by atoms with Crippen LogP contribution in [0.3, 0.4) is 0 Å². The van der Waals surface area contributed by atoms with E-state index in [9.17, 15) is 0 Å². The van der Waals surface area contributed by atoms with Gasteiger partial charge >= 0.3 is 0 Å². The van der Waals surface area contributed by atoms with Crippen molar-refractivity contribution >= 4 is 164 Å². The molecule has 0 N–H and O–H groups in total. The van der Waals surface area contributed by atoms with E-state index in [1.165, 1.54) is 5.57 Å². The van der Waals surface area contributed by atoms with Crippen molar-refractivity contribution in [2.45, 2.75) is 12.8 Å². The molecule has 14 rings (SSSR count). The van der Waals surface area contributed by atoms with Gasteiger partial charge in [0.05, 0.1) is 27.9 Å². The number of fused-ring (bicyclic) bond motifs is 9. The Bertz CT molecular complexity index is 4640. The maximum atomic E-state index is 7.58. The number of hydrogen-bond acceptors (Lipinski definition) is 0. The number of allylic oxidation sites excluding steroid dienone is 4. The molecule has 1 aliphatic rings. The van der Waals surface area contributed by atoms with Crippen molar-refractivity contribution in [2.24, 2.45) is 0 Å². The Kier molecular flexibility index (Phi) is 10.7. The fraction of sp³-hybridized carbons (Fsp3) is 0.0303. The fourth-order valence-corrected chi connectivity index (χ4v) is 12.0. The second-order valence-corrected chi connectivity index (χ2v) is 19.7. The van der Waals surface area contributed by atoms with Crippen LogP contribution in [0, 0.1) is 12.1 Å². The quantitative estimate of drug-likeness (QED) is 0.142. The molecule has 14 radical (unpaired) electrons. The summed E-state index contributed by atoms with van der Waals surface area (Å²) in [7, 11) is 50.0. The van der Waals surface area contributed by atoms with Crippen molar-refractivity contribution in [3.63, 3.8) is 0 Å². The van der Waals surface area contributed by atoms with Crippen LogP contribution < -0.4 is 38.2 Å². The molecular formula is C66H36B7N3. The zero-order valence-corrected chi connectivity index (χ0v) is 41.3. The van der Waals surface area contributed by atoms with Gasteiger partial charge in [-0.3, -0.25) is 0 Å². The number of nitrogens with zero attached hydrogens (tertiary/aromatic N) is 3. The lowest BCUT2D eigenvalue weighted by molar-refractivity contribution is 1.05. The first kappa shape index (κ1) is 45.9. The molecule has 13 aromatic rings.